The number of nitrogens with one attached hydrogen (secondary N) is 1. The number of hydrogen-bond donors (Lipinski definition) is 1. The van der Waals surface area contributed by atoms with Crippen molar-refractivity contribution in [3.63, 3.8) is 0 Å². The predicted octanol–water partition coefficient (Wildman–Crippen LogP) is 3.43. The van der Waals surface area contributed by atoms with Crippen LogP contribution in [-0.4, -0.2) is 30.5 Å². The number of piperidine rings is 1. The Morgan fingerprint density at radius 3 is 2.70 bits per heavy atom. The lowest BCUT2D eigenvalue weighted by Crippen LogP contribution is -2.41. The van der Waals surface area contributed by atoms with Gasteiger partial charge >= 0.3 is 0 Å². The first-order chi connectivity index (χ1) is 11.3. The van der Waals surface area contributed by atoms with Crippen LogP contribution in [0.3, 0.4) is 0 Å². The number of rotatable bonds is 4. The Kier molecular flexibility index (Phi) is 4.21. The van der Waals surface area contributed by atoms with E-state index in [1.165, 1.54) is 11.1 Å². The highest BCUT2D eigenvalue weighted by atomic mass is 32.1. The highest BCUT2D eigenvalue weighted by molar-refractivity contribution is 7.22. The van der Waals surface area contributed by atoms with Crippen LogP contribution in [0.4, 0.5) is 5.13 Å². The molecule has 5 heteroatoms. The molecule has 1 N–H and O–H groups in total. The number of carbonyl (C=O) groups excluding carboxylic acids is 1. The van der Waals surface area contributed by atoms with Gasteiger partial charge in [0, 0.05) is 25.6 Å². The Bertz CT molecular complexity index is 653. The molecule has 23 heavy (non-hydrogen) atoms. The summed E-state index contributed by atoms with van der Waals surface area (Å²) in [4.78, 5) is 19.1. The summed E-state index contributed by atoms with van der Waals surface area (Å²) < 4.78 is 1.26. The van der Waals surface area contributed by atoms with E-state index in [0.717, 1.165) is 56.0 Å². The molecule has 0 unspecified atom stereocenters. The van der Waals surface area contributed by atoms with Crippen LogP contribution in [0.15, 0.2) is 24.3 Å². The van der Waals surface area contributed by atoms with E-state index in [4.69, 9.17) is 4.98 Å². The molecular weight excluding hydrogens is 306 g/mol. The lowest BCUT2D eigenvalue weighted by atomic mass is 9.84. The molecule has 2 aromatic rings. The van der Waals surface area contributed by atoms with E-state index in [-0.39, 0.29) is 5.91 Å². The SMILES string of the molecule is O=C(NCC1CCN(c2nc3ccccc3s2)CC1)C1CCC1. The van der Waals surface area contributed by atoms with Crippen molar-refractivity contribution in [2.24, 2.45) is 11.8 Å². The van der Waals surface area contributed by atoms with E-state index in [0.29, 0.717) is 11.8 Å². The number of carbonyl (C=O) groups is 1. The van der Waals surface area contributed by atoms with E-state index in [1.54, 1.807) is 11.3 Å². The van der Waals surface area contributed by atoms with Gasteiger partial charge in [-0.05, 0) is 43.7 Å². The Hall–Kier alpha value is -1.62. The molecule has 4 rings (SSSR count). The molecule has 1 aromatic heterocycles. The molecule has 0 bridgehead atoms. The van der Waals surface area contributed by atoms with Gasteiger partial charge in [0.2, 0.25) is 5.91 Å². The highest BCUT2D eigenvalue weighted by Crippen LogP contribution is 2.31. The molecule has 1 aliphatic carbocycles. The van der Waals surface area contributed by atoms with Crippen molar-refractivity contribution >= 4 is 32.6 Å². The zero-order chi connectivity index (χ0) is 15.6. The van der Waals surface area contributed by atoms with Crippen LogP contribution >= 0.6 is 11.3 Å². The molecule has 4 nitrogen and oxygen atoms in total. The van der Waals surface area contributed by atoms with Crippen LogP contribution in [0.1, 0.15) is 32.1 Å². The van der Waals surface area contributed by atoms with Gasteiger partial charge in [0.25, 0.3) is 0 Å². The van der Waals surface area contributed by atoms with Crippen LogP contribution in [0.25, 0.3) is 10.2 Å². The molecule has 1 amide bonds. The van der Waals surface area contributed by atoms with E-state index in [2.05, 4.69) is 28.4 Å². The highest BCUT2D eigenvalue weighted by Gasteiger charge is 2.26. The van der Waals surface area contributed by atoms with E-state index in [9.17, 15) is 4.79 Å². The number of benzene rings is 1. The second kappa shape index (κ2) is 6.48. The summed E-state index contributed by atoms with van der Waals surface area (Å²) in [6.07, 6.45) is 5.67. The van der Waals surface area contributed by atoms with Crippen molar-refractivity contribution in [3.8, 4) is 0 Å². The first-order valence-electron chi connectivity index (χ1n) is 8.68. The summed E-state index contributed by atoms with van der Waals surface area (Å²) in [6.45, 7) is 2.94. The number of nitrogens with zero attached hydrogens (tertiary/aromatic N) is 2. The molecule has 0 spiro atoms. The first kappa shape index (κ1) is 14.9. The summed E-state index contributed by atoms with van der Waals surface area (Å²) in [5, 5.41) is 4.30. The maximum atomic E-state index is 11.9. The third-order valence-corrected chi connectivity index (χ3v) is 6.31. The fourth-order valence-electron chi connectivity index (χ4n) is 3.38. The molecule has 1 aromatic carbocycles. The van der Waals surface area contributed by atoms with Gasteiger partial charge in [0.1, 0.15) is 0 Å². The van der Waals surface area contributed by atoms with Gasteiger partial charge in [-0.15, -0.1) is 0 Å². The molecule has 1 saturated heterocycles. The summed E-state index contributed by atoms with van der Waals surface area (Å²) in [7, 11) is 0. The molecular formula is C18H23N3OS. The third-order valence-electron chi connectivity index (χ3n) is 5.21. The van der Waals surface area contributed by atoms with Gasteiger partial charge in [-0.25, -0.2) is 4.98 Å². The van der Waals surface area contributed by atoms with Gasteiger partial charge in [-0.2, -0.15) is 0 Å². The summed E-state index contributed by atoms with van der Waals surface area (Å²) in [5.74, 6) is 1.20. The number of thiazole rings is 1. The maximum absolute atomic E-state index is 11.9. The maximum Gasteiger partial charge on any atom is 0.223 e. The Labute approximate surface area is 140 Å². The second-order valence-corrected chi connectivity index (χ2v) is 7.78. The second-order valence-electron chi connectivity index (χ2n) is 6.77. The standard InChI is InChI=1S/C18H23N3OS/c22-17(14-4-3-5-14)19-12-13-8-10-21(11-9-13)18-20-15-6-1-2-7-16(15)23-18/h1-2,6-7,13-14H,3-5,8-12H2,(H,19,22). The Morgan fingerprint density at radius 2 is 2.00 bits per heavy atom. The molecule has 2 heterocycles. The van der Waals surface area contributed by atoms with Crippen molar-refractivity contribution < 1.29 is 4.79 Å². The number of fused-ring (bicyclic) bond motifs is 1. The summed E-state index contributed by atoms with van der Waals surface area (Å²) >= 11 is 1.78. The Balaban J connectivity index is 1.29. The molecule has 1 saturated carbocycles. The minimum Gasteiger partial charge on any atom is -0.356 e. The van der Waals surface area contributed by atoms with Crippen molar-refractivity contribution in [2.45, 2.75) is 32.1 Å². The summed E-state index contributed by atoms with van der Waals surface area (Å²) in [5.41, 5.74) is 1.10. The number of anilines is 1. The fourth-order valence-corrected chi connectivity index (χ4v) is 4.40. The normalized spacial score (nSPS) is 19.7. The van der Waals surface area contributed by atoms with Gasteiger partial charge < -0.3 is 10.2 Å². The van der Waals surface area contributed by atoms with E-state index < -0.39 is 0 Å². The number of hydrogen-bond acceptors (Lipinski definition) is 4. The molecule has 2 fully saturated rings. The van der Waals surface area contributed by atoms with Crippen molar-refractivity contribution in [3.05, 3.63) is 24.3 Å². The van der Waals surface area contributed by atoms with Gasteiger partial charge in [-0.3, -0.25) is 4.79 Å². The molecule has 122 valence electrons. The smallest absolute Gasteiger partial charge is 0.223 e. The van der Waals surface area contributed by atoms with Crippen LogP contribution in [-0.2, 0) is 4.79 Å². The zero-order valence-corrected chi connectivity index (χ0v) is 14.1. The van der Waals surface area contributed by atoms with Crippen LogP contribution in [0.5, 0.6) is 0 Å². The van der Waals surface area contributed by atoms with Crippen molar-refractivity contribution in [1.82, 2.24) is 10.3 Å². The number of aromatic nitrogens is 1. The monoisotopic (exact) mass is 329 g/mol. The topological polar surface area (TPSA) is 45.2 Å². The lowest BCUT2D eigenvalue weighted by Gasteiger charge is -2.32. The molecule has 1 aliphatic heterocycles. The Morgan fingerprint density at radius 1 is 1.22 bits per heavy atom. The van der Waals surface area contributed by atoms with Gasteiger partial charge in [-0.1, -0.05) is 29.9 Å². The average Bonchev–Trinajstić information content (AvgIpc) is 2.96. The summed E-state index contributed by atoms with van der Waals surface area (Å²) in [6, 6.07) is 8.33. The van der Waals surface area contributed by atoms with Gasteiger partial charge in [0.05, 0.1) is 10.2 Å². The largest absolute Gasteiger partial charge is 0.356 e. The molecule has 0 radical (unpaired) electrons. The predicted molar refractivity (Wildman–Crippen MR) is 94.9 cm³/mol. The van der Waals surface area contributed by atoms with Crippen LogP contribution in [0.2, 0.25) is 0 Å². The van der Waals surface area contributed by atoms with Crippen LogP contribution < -0.4 is 10.2 Å². The molecule has 2 aliphatic rings. The quantitative estimate of drug-likeness (QED) is 0.935. The molecule has 0 atom stereocenters. The number of para-hydroxylation sites is 1. The minimum absolute atomic E-state index is 0.282. The lowest BCUT2D eigenvalue weighted by molar-refractivity contribution is -0.127. The number of amides is 1. The average molecular weight is 329 g/mol. The van der Waals surface area contributed by atoms with E-state index in [1.807, 2.05) is 6.07 Å². The van der Waals surface area contributed by atoms with Gasteiger partial charge in [0.15, 0.2) is 5.13 Å². The van der Waals surface area contributed by atoms with Crippen molar-refractivity contribution in [2.75, 3.05) is 24.5 Å². The van der Waals surface area contributed by atoms with Crippen LogP contribution in [0, 0.1) is 11.8 Å². The van der Waals surface area contributed by atoms with E-state index >= 15 is 0 Å². The third kappa shape index (κ3) is 3.20. The zero-order valence-electron chi connectivity index (χ0n) is 13.3. The minimum atomic E-state index is 0.282. The first-order valence-corrected chi connectivity index (χ1v) is 9.49. The fraction of sp³-hybridized carbons (Fsp3) is 0.556. The van der Waals surface area contributed by atoms with Crippen molar-refractivity contribution in [1.29, 1.82) is 0 Å².